The topological polar surface area (TPSA) is 53.0 Å². The summed E-state index contributed by atoms with van der Waals surface area (Å²) >= 11 is 5.58. The van der Waals surface area contributed by atoms with E-state index in [0.29, 0.717) is 12.8 Å². The molecule has 1 rings (SSSR count). The summed E-state index contributed by atoms with van der Waals surface area (Å²) in [6.45, 7) is 0.0654. The Kier molecular flexibility index (Phi) is 2.52. The highest BCUT2D eigenvalue weighted by Crippen LogP contribution is 2.42. The van der Waals surface area contributed by atoms with Gasteiger partial charge in [0, 0.05) is 6.61 Å². The van der Waals surface area contributed by atoms with Crippen LogP contribution in [0.5, 0.6) is 0 Å². The molecule has 2 N–H and O–H groups in total. The lowest BCUT2D eigenvalue weighted by Gasteiger charge is -2.04. The smallest absolute Gasteiger partial charge is 0.163 e. The Bertz CT molecular complexity index is 116. The molecule has 0 amide bonds. The predicted molar refractivity (Wildman–Crippen MR) is 36.9 cm³/mol. The van der Waals surface area contributed by atoms with Crippen LogP contribution >= 0.6 is 11.6 Å². The zero-order valence-electron chi connectivity index (χ0n) is 5.59. The Morgan fingerprint density at radius 2 is 2.10 bits per heavy atom. The number of aliphatic hydroxyl groups excluding tert-OH is 2. The summed E-state index contributed by atoms with van der Waals surface area (Å²) in [7, 11) is 0. The van der Waals surface area contributed by atoms with Crippen molar-refractivity contribution >= 4 is 11.6 Å². The van der Waals surface area contributed by atoms with E-state index in [1.807, 2.05) is 0 Å². The van der Waals surface area contributed by atoms with E-state index in [-0.39, 0.29) is 18.8 Å². The van der Waals surface area contributed by atoms with E-state index >= 15 is 0 Å². The number of hydrogen-bond donors (Lipinski definition) is 2. The molecular weight excluding hydrogens is 156 g/mol. The van der Waals surface area contributed by atoms with Crippen LogP contribution in [0.3, 0.4) is 0 Å². The molecule has 2 unspecified atom stereocenters. The average molecular weight is 167 g/mol. The highest BCUT2D eigenvalue weighted by molar-refractivity contribution is 6.22. The molecule has 0 bridgehead atoms. The van der Waals surface area contributed by atoms with Gasteiger partial charge in [-0.3, -0.25) is 0 Å². The van der Waals surface area contributed by atoms with Gasteiger partial charge < -0.3 is 14.9 Å². The Balaban J connectivity index is 2.23. The molecule has 4 heteroatoms. The minimum Gasteiger partial charge on any atom is -0.396 e. The molecule has 0 aromatic heterocycles. The van der Waals surface area contributed by atoms with E-state index in [0.717, 1.165) is 0 Å². The third kappa shape index (κ3) is 1.42. The van der Waals surface area contributed by atoms with Crippen molar-refractivity contribution in [2.75, 3.05) is 13.2 Å². The second kappa shape index (κ2) is 3.05. The van der Waals surface area contributed by atoms with Crippen molar-refractivity contribution in [3.63, 3.8) is 0 Å². The summed E-state index contributed by atoms with van der Waals surface area (Å²) in [6, 6.07) is 0. The van der Waals surface area contributed by atoms with Crippen LogP contribution in [0, 0.1) is 0 Å². The van der Waals surface area contributed by atoms with Gasteiger partial charge in [0.25, 0.3) is 0 Å². The second-order valence-corrected chi connectivity index (χ2v) is 2.88. The maximum Gasteiger partial charge on any atom is 0.163 e. The molecule has 0 saturated carbocycles. The fraction of sp³-hybridized carbons (Fsp3) is 1.00. The Labute approximate surface area is 64.6 Å². The maximum atomic E-state index is 8.76. The first-order valence-corrected chi connectivity index (χ1v) is 3.72. The third-order valence-corrected chi connectivity index (χ3v) is 2.21. The fourth-order valence-corrected chi connectivity index (χ4v) is 1.27. The molecule has 1 fully saturated rings. The normalized spacial score (nSPS) is 38.1. The summed E-state index contributed by atoms with van der Waals surface area (Å²) in [6.07, 6.45) is 1.26. The Hall–Kier alpha value is 0.170. The molecule has 0 aromatic rings. The van der Waals surface area contributed by atoms with Crippen molar-refractivity contribution in [1.82, 2.24) is 0 Å². The van der Waals surface area contributed by atoms with Gasteiger partial charge in [0.1, 0.15) is 5.60 Å². The molecule has 1 aliphatic rings. The zero-order chi connectivity index (χ0) is 7.61. The standard InChI is InChI=1S/C6H11ClO3/c7-5-6(4-9,10-5)2-1-3-8/h5,8-9H,1-4H2. The first-order chi connectivity index (χ1) is 4.75. The monoisotopic (exact) mass is 166 g/mol. The number of aliphatic hydroxyl groups is 2. The Morgan fingerprint density at radius 1 is 1.50 bits per heavy atom. The van der Waals surface area contributed by atoms with Gasteiger partial charge in [-0.15, -0.1) is 0 Å². The van der Waals surface area contributed by atoms with E-state index in [4.69, 9.17) is 26.6 Å². The van der Waals surface area contributed by atoms with Crippen molar-refractivity contribution in [3.8, 4) is 0 Å². The van der Waals surface area contributed by atoms with Gasteiger partial charge in [-0.1, -0.05) is 11.6 Å². The van der Waals surface area contributed by atoms with Gasteiger partial charge >= 0.3 is 0 Å². The molecule has 10 heavy (non-hydrogen) atoms. The highest BCUT2D eigenvalue weighted by Gasteiger charge is 2.54. The molecule has 2 atom stereocenters. The first kappa shape index (κ1) is 8.27. The highest BCUT2D eigenvalue weighted by atomic mass is 35.5. The summed E-state index contributed by atoms with van der Waals surface area (Å²) < 4.78 is 4.96. The first-order valence-electron chi connectivity index (χ1n) is 3.29. The maximum absolute atomic E-state index is 8.76. The van der Waals surface area contributed by atoms with Crippen molar-refractivity contribution in [1.29, 1.82) is 0 Å². The minimum absolute atomic E-state index is 0.0544. The lowest BCUT2D eigenvalue weighted by Crippen LogP contribution is -2.18. The van der Waals surface area contributed by atoms with Crippen LogP contribution in [-0.2, 0) is 4.74 Å². The van der Waals surface area contributed by atoms with E-state index in [2.05, 4.69) is 0 Å². The number of halogens is 1. The van der Waals surface area contributed by atoms with Crippen LogP contribution in [0.15, 0.2) is 0 Å². The Morgan fingerprint density at radius 3 is 2.40 bits per heavy atom. The molecule has 60 valence electrons. The van der Waals surface area contributed by atoms with Crippen LogP contribution in [0.2, 0.25) is 0 Å². The zero-order valence-corrected chi connectivity index (χ0v) is 6.34. The van der Waals surface area contributed by atoms with E-state index in [1.54, 1.807) is 0 Å². The summed E-state index contributed by atoms with van der Waals surface area (Å²) in [4.78, 5) is 0. The van der Waals surface area contributed by atoms with Crippen molar-refractivity contribution < 1.29 is 14.9 Å². The second-order valence-electron chi connectivity index (χ2n) is 2.48. The van der Waals surface area contributed by atoms with Gasteiger partial charge in [-0.25, -0.2) is 0 Å². The van der Waals surface area contributed by atoms with Gasteiger partial charge in [-0.2, -0.15) is 0 Å². The lowest BCUT2D eigenvalue weighted by molar-refractivity contribution is 0.153. The molecule has 0 aromatic carbocycles. The van der Waals surface area contributed by atoms with Crippen LogP contribution in [0.25, 0.3) is 0 Å². The van der Waals surface area contributed by atoms with Crippen molar-refractivity contribution in [3.05, 3.63) is 0 Å². The van der Waals surface area contributed by atoms with Crippen LogP contribution in [0.1, 0.15) is 12.8 Å². The van der Waals surface area contributed by atoms with Gasteiger partial charge in [0.05, 0.1) is 6.61 Å². The molecule has 0 spiro atoms. The van der Waals surface area contributed by atoms with Crippen molar-refractivity contribution in [2.45, 2.75) is 24.0 Å². The number of ether oxygens (including phenoxy) is 1. The molecule has 3 nitrogen and oxygen atoms in total. The molecule has 0 aliphatic carbocycles. The van der Waals surface area contributed by atoms with Crippen LogP contribution in [-0.4, -0.2) is 34.6 Å². The SMILES string of the molecule is OCCCC1(CO)OC1Cl. The average Bonchev–Trinajstić information content (AvgIpc) is 2.59. The third-order valence-electron chi connectivity index (χ3n) is 1.72. The largest absolute Gasteiger partial charge is 0.396 e. The lowest BCUT2D eigenvalue weighted by atomic mass is 10.1. The number of rotatable bonds is 4. The summed E-state index contributed by atoms with van der Waals surface area (Å²) in [5, 5.41) is 17.2. The molecule has 1 saturated heterocycles. The van der Waals surface area contributed by atoms with E-state index in [9.17, 15) is 0 Å². The summed E-state index contributed by atoms with van der Waals surface area (Å²) in [5.74, 6) is 0. The van der Waals surface area contributed by atoms with Crippen LogP contribution in [0.4, 0.5) is 0 Å². The summed E-state index contributed by atoms with van der Waals surface area (Å²) in [5.41, 5.74) is -0.895. The van der Waals surface area contributed by atoms with E-state index < -0.39 is 5.60 Å². The molecule has 1 aliphatic heterocycles. The predicted octanol–water partition coefficient (Wildman–Crippen LogP) is 0.0851. The van der Waals surface area contributed by atoms with Crippen molar-refractivity contribution in [2.24, 2.45) is 0 Å². The quantitative estimate of drug-likeness (QED) is 0.460. The molecular formula is C6H11ClO3. The van der Waals surface area contributed by atoms with Gasteiger partial charge in [-0.05, 0) is 12.8 Å². The fourth-order valence-electron chi connectivity index (χ4n) is 0.911. The molecule has 0 radical (unpaired) electrons. The van der Waals surface area contributed by atoms with Crippen LogP contribution < -0.4 is 0 Å². The van der Waals surface area contributed by atoms with Gasteiger partial charge in [0.2, 0.25) is 0 Å². The number of alkyl halides is 1. The number of hydrogen-bond acceptors (Lipinski definition) is 3. The molecule has 1 heterocycles. The van der Waals surface area contributed by atoms with Gasteiger partial charge in [0.15, 0.2) is 5.56 Å². The van der Waals surface area contributed by atoms with E-state index in [1.165, 1.54) is 0 Å². The number of epoxide rings is 1. The minimum atomic E-state index is -0.537.